The maximum Gasteiger partial charge on any atom is 0.225 e. The van der Waals surface area contributed by atoms with Gasteiger partial charge in [-0.1, -0.05) is 0 Å². The highest BCUT2D eigenvalue weighted by atomic mass is 15.3. The second-order valence-electron chi connectivity index (χ2n) is 5.81. The van der Waals surface area contributed by atoms with Crippen molar-refractivity contribution in [1.29, 1.82) is 0 Å². The maximum absolute atomic E-state index is 4.69. The molecule has 4 heterocycles. The van der Waals surface area contributed by atoms with Gasteiger partial charge in [0.15, 0.2) is 0 Å². The Balaban J connectivity index is 1.47. The fourth-order valence-corrected chi connectivity index (χ4v) is 2.86. The first kappa shape index (κ1) is 14.6. The zero-order chi connectivity index (χ0) is 16.4. The minimum Gasteiger partial charge on any atom is -0.364 e. The Bertz CT molecular complexity index is 816. The molecule has 8 heteroatoms. The number of hydrogen-bond acceptors (Lipinski definition) is 7. The van der Waals surface area contributed by atoms with E-state index >= 15 is 0 Å². The lowest BCUT2D eigenvalue weighted by Gasteiger charge is -2.17. The Kier molecular flexibility index (Phi) is 3.78. The van der Waals surface area contributed by atoms with Gasteiger partial charge in [0.05, 0.1) is 18.1 Å². The fraction of sp³-hybridized carbons (Fsp3) is 0.312. The van der Waals surface area contributed by atoms with Gasteiger partial charge in [0.2, 0.25) is 5.95 Å². The first-order chi connectivity index (χ1) is 11.8. The Hall–Kier alpha value is -3.03. The van der Waals surface area contributed by atoms with Gasteiger partial charge in [0.25, 0.3) is 0 Å². The summed E-state index contributed by atoms with van der Waals surface area (Å²) in [6.07, 6.45) is 11.7. The van der Waals surface area contributed by atoms with Crippen LogP contribution in [0.25, 0.3) is 11.3 Å². The minimum atomic E-state index is 0.312. The van der Waals surface area contributed by atoms with E-state index in [1.54, 1.807) is 29.5 Å². The van der Waals surface area contributed by atoms with Crippen molar-refractivity contribution in [2.75, 3.05) is 23.3 Å². The van der Waals surface area contributed by atoms with Gasteiger partial charge in [-0.3, -0.25) is 9.67 Å². The second kappa shape index (κ2) is 6.23. The van der Waals surface area contributed by atoms with Crippen LogP contribution in [0, 0.1) is 0 Å². The lowest BCUT2D eigenvalue weighted by Crippen LogP contribution is -2.27. The molecule has 8 nitrogen and oxygen atoms in total. The van der Waals surface area contributed by atoms with E-state index in [0.717, 1.165) is 42.5 Å². The summed E-state index contributed by atoms with van der Waals surface area (Å²) in [6.45, 7) is 1.75. The normalized spacial score (nSPS) is 17.2. The van der Waals surface area contributed by atoms with Crippen LogP contribution in [0.1, 0.15) is 6.42 Å². The molecule has 0 radical (unpaired) electrons. The predicted octanol–water partition coefficient (Wildman–Crippen LogP) is 1.36. The van der Waals surface area contributed by atoms with Crippen molar-refractivity contribution in [3.05, 3.63) is 43.2 Å². The molecule has 1 aliphatic rings. The van der Waals surface area contributed by atoms with Crippen molar-refractivity contribution in [3.8, 4) is 11.3 Å². The molecule has 0 aliphatic carbocycles. The number of aryl methyl sites for hydroxylation is 1. The van der Waals surface area contributed by atoms with Crippen LogP contribution in [0.15, 0.2) is 43.2 Å². The minimum absolute atomic E-state index is 0.312. The van der Waals surface area contributed by atoms with Crippen LogP contribution in [0.5, 0.6) is 0 Å². The van der Waals surface area contributed by atoms with Gasteiger partial charge >= 0.3 is 0 Å². The number of anilines is 2. The Morgan fingerprint density at radius 2 is 2.12 bits per heavy atom. The van der Waals surface area contributed by atoms with Crippen LogP contribution in [0.2, 0.25) is 0 Å². The van der Waals surface area contributed by atoms with Crippen molar-refractivity contribution in [2.45, 2.75) is 12.5 Å². The molecular weight excluding hydrogens is 304 g/mol. The number of aromatic nitrogens is 6. The number of nitrogens with zero attached hydrogens (tertiary/aromatic N) is 7. The fourth-order valence-electron chi connectivity index (χ4n) is 2.86. The Morgan fingerprint density at radius 1 is 1.17 bits per heavy atom. The van der Waals surface area contributed by atoms with E-state index < -0.39 is 0 Å². The lowest BCUT2D eigenvalue weighted by atomic mass is 10.2. The molecule has 1 aliphatic heterocycles. The highest BCUT2D eigenvalue weighted by Crippen LogP contribution is 2.22. The number of rotatable bonds is 4. The third-order valence-electron chi connectivity index (χ3n) is 4.03. The standard InChI is InChI=1S/C16H18N8/c1-23-10-12(8-20-23)14-2-4-19-16(22-14)24-7-3-13(11-24)21-15-9-17-5-6-18-15/h2,4-6,8-10,13H,3,7,11H2,1H3,(H,18,21). The Labute approximate surface area is 139 Å². The third kappa shape index (κ3) is 3.03. The Morgan fingerprint density at radius 3 is 2.92 bits per heavy atom. The molecule has 1 unspecified atom stereocenters. The van der Waals surface area contributed by atoms with E-state index in [-0.39, 0.29) is 0 Å². The van der Waals surface area contributed by atoms with Gasteiger partial charge in [0.1, 0.15) is 5.82 Å². The van der Waals surface area contributed by atoms with E-state index in [1.807, 2.05) is 25.5 Å². The average molecular weight is 322 g/mol. The highest BCUT2D eigenvalue weighted by Gasteiger charge is 2.24. The summed E-state index contributed by atoms with van der Waals surface area (Å²) in [4.78, 5) is 19.6. The quantitative estimate of drug-likeness (QED) is 0.776. The topological polar surface area (TPSA) is 84.7 Å². The van der Waals surface area contributed by atoms with E-state index in [2.05, 4.69) is 35.3 Å². The van der Waals surface area contributed by atoms with Crippen molar-refractivity contribution in [2.24, 2.45) is 7.05 Å². The van der Waals surface area contributed by atoms with Gasteiger partial charge < -0.3 is 10.2 Å². The predicted molar refractivity (Wildman–Crippen MR) is 90.5 cm³/mol. The van der Waals surface area contributed by atoms with Crippen LogP contribution < -0.4 is 10.2 Å². The molecule has 0 spiro atoms. The molecule has 1 atom stereocenters. The van der Waals surface area contributed by atoms with Gasteiger partial charge in [-0.15, -0.1) is 0 Å². The van der Waals surface area contributed by atoms with Crippen LogP contribution in [-0.2, 0) is 7.05 Å². The zero-order valence-corrected chi connectivity index (χ0v) is 13.4. The molecule has 0 bridgehead atoms. The molecule has 0 amide bonds. The summed E-state index contributed by atoms with van der Waals surface area (Å²) in [7, 11) is 1.90. The monoisotopic (exact) mass is 322 g/mol. The van der Waals surface area contributed by atoms with Crippen LogP contribution in [0.3, 0.4) is 0 Å². The summed E-state index contributed by atoms with van der Waals surface area (Å²) in [5.41, 5.74) is 1.88. The van der Waals surface area contributed by atoms with E-state index in [4.69, 9.17) is 0 Å². The first-order valence-electron chi connectivity index (χ1n) is 7.87. The number of nitrogens with one attached hydrogen (secondary N) is 1. The molecule has 3 aromatic rings. The van der Waals surface area contributed by atoms with Crippen molar-refractivity contribution in [3.63, 3.8) is 0 Å². The lowest BCUT2D eigenvalue weighted by molar-refractivity contribution is 0.768. The molecular formula is C16H18N8. The summed E-state index contributed by atoms with van der Waals surface area (Å²) in [5.74, 6) is 1.55. The van der Waals surface area contributed by atoms with Gasteiger partial charge in [-0.05, 0) is 12.5 Å². The molecule has 3 aromatic heterocycles. The molecule has 0 saturated carbocycles. The summed E-state index contributed by atoms with van der Waals surface area (Å²) in [5, 5.41) is 7.60. The van der Waals surface area contributed by atoms with Crippen molar-refractivity contribution < 1.29 is 0 Å². The van der Waals surface area contributed by atoms with Crippen LogP contribution in [0.4, 0.5) is 11.8 Å². The third-order valence-corrected chi connectivity index (χ3v) is 4.03. The molecule has 0 aromatic carbocycles. The molecule has 1 saturated heterocycles. The highest BCUT2D eigenvalue weighted by molar-refractivity contribution is 5.58. The molecule has 1 N–H and O–H groups in total. The van der Waals surface area contributed by atoms with Gasteiger partial charge in [0, 0.05) is 56.5 Å². The summed E-state index contributed by atoms with van der Waals surface area (Å²) < 4.78 is 1.77. The van der Waals surface area contributed by atoms with Gasteiger partial charge in [-0.25, -0.2) is 15.0 Å². The average Bonchev–Trinajstić information content (AvgIpc) is 3.25. The smallest absolute Gasteiger partial charge is 0.225 e. The van der Waals surface area contributed by atoms with E-state index in [0.29, 0.717) is 6.04 Å². The second-order valence-corrected chi connectivity index (χ2v) is 5.81. The molecule has 4 rings (SSSR count). The molecule has 1 fully saturated rings. The first-order valence-corrected chi connectivity index (χ1v) is 7.87. The molecule has 24 heavy (non-hydrogen) atoms. The van der Waals surface area contributed by atoms with E-state index in [9.17, 15) is 0 Å². The largest absolute Gasteiger partial charge is 0.364 e. The van der Waals surface area contributed by atoms with Crippen molar-refractivity contribution >= 4 is 11.8 Å². The maximum atomic E-state index is 4.69. The zero-order valence-electron chi connectivity index (χ0n) is 13.4. The summed E-state index contributed by atoms with van der Waals surface area (Å²) >= 11 is 0. The van der Waals surface area contributed by atoms with E-state index in [1.165, 1.54) is 0 Å². The van der Waals surface area contributed by atoms with Crippen LogP contribution >= 0.6 is 0 Å². The van der Waals surface area contributed by atoms with Crippen LogP contribution in [-0.4, -0.2) is 48.8 Å². The van der Waals surface area contributed by atoms with Gasteiger partial charge in [-0.2, -0.15) is 5.10 Å². The summed E-state index contributed by atoms with van der Waals surface area (Å²) in [6, 6.07) is 2.22. The number of hydrogen-bond donors (Lipinski definition) is 1. The van der Waals surface area contributed by atoms with Crippen molar-refractivity contribution in [1.82, 2.24) is 29.7 Å². The molecule has 122 valence electrons. The SMILES string of the molecule is Cn1cc(-c2ccnc(N3CCC(Nc4cnccn4)C3)n2)cn1.